The highest BCUT2D eigenvalue weighted by Gasteiger charge is 2.22. The van der Waals surface area contributed by atoms with E-state index in [-0.39, 0.29) is 5.75 Å². The fraction of sp³-hybridized carbons (Fsp3) is 0.667. The zero-order valence-corrected chi connectivity index (χ0v) is 13.5. The van der Waals surface area contributed by atoms with Crippen LogP contribution in [0.2, 0.25) is 0 Å². The van der Waals surface area contributed by atoms with Crippen molar-refractivity contribution in [3.05, 3.63) is 30.1 Å². The minimum absolute atomic E-state index is 0.222. The van der Waals surface area contributed by atoms with Crippen LogP contribution in [0.25, 0.3) is 0 Å². The number of unbranched alkanes of at least 4 members (excludes halogenated alkanes) is 1. The number of aromatic nitrogens is 1. The van der Waals surface area contributed by atoms with E-state index < -0.39 is 10.0 Å². The number of pyridine rings is 1. The van der Waals surface area contributed by atoms with Gasteiger partial charge in [-0.3, -0.25) is 4.98 Å². The second kappa shape index (κ2) is 7.87. The molecule has 1 N–H and O–H groups in total. The molecule has 0 bridgehead atoms. The lowest BCUT2D eigenvalue weighted by atomic mass is 10.3. The van der Waals surface area contributed by atoms with Crippen LogP contribution in [-0.4, -0.2) is 42.6 Å². The standard InChI is InChI=1S/C15H25N3O2S/c1-2-18(13-15-7-3-4-10-17-15)21(19,20)12-6-5-11-16-14-8-9-14/h3-4,7,10,14,16H,2,5-6,8-9,11-13H2,1H3. The molecule has 1 saturated carbocycles. The van der Waals surface area contributed by atoms with Crippen LogP contribution in [0.5, 0.6) is 0 Å². The predicted molar refractivity (Wildman–Crippen MR) is 84.4 cm³/mol. The molecule has 1 aromatic rings. The maximum absolute atomic E-state index is 12.4. The van der Waals surface area contributed by atoms with Gasteiger partial charge in [0.2, 0.25) is 10.0 Å². The molecule has 0 radical (unpaired) electrons. The Bertz CT molecular complexity index is 515. The Labute approximate surface area is 127 Å². The molecular weight excluding hydrogens is 286 g/mol. The zero-order valence-electron chi connectivity index (χ0n) is 12.7. The lowest BCUT2D eigenvalue weighted by molar-refractivity contribution is 0.417. The van der Waals surface area contributed by atoms with Crippen LogP contribution in [0.1, 0.15) is 38.3 Å². The van der Waals surface area contributed by atoms with E-state index in [4.69, 9.17) is 0 Å². The first-order valence-corrected chi connectivity index (χ1v) is 9.34. The fourth-order valence-corrected chi connectivity index (χ4v) is 3.76. The third-order valence-corrected chi connectivity index (χ3v) is 5.63. The molecule has 1 aliphatic carbocycles. The van der Waals surface area contributed by atoms with E-state index in [1.165, 1.54) is 17.1 Å². The van der Waals surface area contributed by atoms with Crippen molar-refractivity contribution in [3.63, 3.8) is 0 Å². The summed E-state index contributed by atoms with van der Waals surface area (Å²) in [6, 6.07) is 6.27. The van der Waals surface area contributed by atoms with Crippen molar-refractivity contribution < 1.29 is 8.42 Å². The Morgan fingerprint density at radius 2 is 2.14 bits per heavy atom. The Kier molecular flexibility index (Phi) is 6.14. The van der Waals surface area contributed by atoms with Gasteiger partial charge in [-0.1, -0.05) is 13.0 Å². The van der Waals surface area contributed by atoms with Crippen molar-refractivity contribution >= 4 is 10.0 Å². The van der Waals surface area contributed by atoms with E-state index in [2.05, 4.69) is 10.3 Å². The summed E-state index contributed by atoms with van der Waals surface area (Å²) in [5.74, 6) is 0.222. The van der Waals surface area contributed by atoms with Gasteiger partial charge in [0.05, 0.1) is 18.0 Å². The predicted octanol–water partition coefficient (Wildman–Crippen LogP) is 1.77. The van der Waals surface area contributed by atoms with E-state index in [1.807, 2.05) is 25.1 Å². The van der Waals surface area contributed by atoms with Gasteiger partial charge in [0, 0.05) is 18.8 Å². The first-order chi connectivity index (χ1) is 10.1. The minimum atomic E-state index is -3.19. The number of nitrogens with zero attached hydrogens (tertiary/aromatic N) is 2. The first-order valence-electron chi connectivity index (χ1n) is 7.73. The molecule has 2 rings (SSSR count). The SMILES string of the molecule is CCN(Cc1ccccn1)S(=O)(=O)CCCCNC1CC1. The molecule has 0 spiro atoms. The Balaban J connectivity index is 1.77. The van der Waals surface area contributed by atoms with Gasteiger partial charge in [-0.15, -0.1) is 0 Å². The van der Waals surface area contributed by atoms with Crippen LogP contribution < -0.4 is 5.32 Å². The average Bonchev–Trinajstić information content (AvgIpc) is 3.29. The van der Waals surface area contributed by atoms with Crippen LogP contribution in [0.4, 0.5) is 0 Å². The molecule has 1 fully saturated rings. The van der Waals surface area contributed by atoms with Gasteiger partial charge in [0.1, 0.15) is 0 Å². The zero-order chi connectivity index (χ0) is 15.1. The van der Waals surface area contributed by atoms with E-state index >= 15 is 0 Å². The third kappa shape index (κ3) is 5.73. The van der Waals surface area contributed by atoms with Crippen molar-refractivity contribution in [1.82, 2.24) is 14.6 Å². The Morgan fingerprint density at radius 3 is 2.76 bits per heavy atom. The van der Waals surface area contributed by atoms with Crippen LogP contribution in [0.3, 0.4) is 0 Å². The molecule has 5 nitrogen and oxygen atoms in total. The molecule has 1 aliphatic rings. The molecule has 6 heteroatoms. The lowest BCUT2D eigenvalue weighted by Crippen LogP contribution is -2.33. The second-order valence-electron chi connectivity index (χ2n) is 5.50. The molecule has 1 heterocycles. The van der Waals surface area contributed by atoms with Gasteiger partial charge in [-0.25, -0.2) is 8.42 Å². The van der Waals surface area contributed by atoms with Crippen molar-refractivity contribution in [3.8, 4) is 0 Å². The lowest BCUT2D eigenvalue weighted by Gasteiger charge is -2.20. The highest BCUT2D eigenvalue weighted by Crippen LogP contribution is 2.18. The molecule has 0 unspecified atom stereocenters. The van der Waals surface area contributed by atoms with Gasteiger partial charge in [0.15, 0.2) is 0 Å². The molecule has 1 aromatic heterocycles. The molecule has 0 atom stereocenters. The van der Waals surface area contributed by atoms with Crippen LogP contribution in [0.15, 0.2) is 24.4 Å². The third-order valence-electron chi connectivity index (χ3n) is 3.65. The van der Waals surface area contributed by atoms with Gasteiger partial charge in [-0.2, -0.15) is 4.31 Å². The van der Waals surface area contributed by atoms with Crippen molar-refractivity contribution in [2.45, 2.75) is 45.2 Å². The molecule has 0 amide bonds. The topological polar surface area (TPSA) is 62.3 Å². The normalized spacial score (nSPS) is 15.5. The van der Waals surface area contributed by atoms with Gasteiger partial charge >= 0.3 is 0 Å². The molecule has 0 aliphatic heterocycles. The van der Waals surface area contributed by atoms with E-state index in [0.717, 1.165) is 18.7 Å². The fourth-order valence-electron chi connectivity index (χ4n) is 2.21. The number of hydrogen-bond acceptors (Lipinski definition) is 4. The van der Waals surface area contributed by atoms with Crippen LogP contribution in [-0.2, 0) is 16.6 Å². The molecule has 0 saturated heterocycles. The summed E-state index contributed by atoms with van der Waals surface area (Å²) in [5, 5.41) is 3.41. The first kappa shape index (κ1) is 16.4. The van der Waals surface area contributed by atoms with Crippen molar-refractivity contribution in [2.24, 2.45) is 0 Å². The van der Waals surface area contributed by atoms with Crippen LogP contribution >= 0.6 is 0 Å². The Morgan fingerprint density at radius 1 is 1.33 bits per heavy atom. The Hall–Kier alpha value is -0.980. The maximum atomic E-state index is 12.4. The molecule has 118 valence electrons. The summed E-state index contributed by atoms with van der Waals surface area (Å²) in [6.45, 7) is 3.64. The number of sulfonamides is 1. The summed E-state index contributed by atoms with van der Waals surface area (Å²) < 4.78 is 26.2. The molecule has 0 aromatic carbocycles. The maximum Gasteiger partial charge on any atom is 0.214 e. The number of hydrogen-bond donors (Lipinski definition) is 1. The molecule has 21 heavy (non-hydrogen) atoms. The van der Waals surface area contributed by atoms with Gasteiger partial charge in [-0.05, 0) is 44.4 Å². The summed E-state index contributed by atoms with van der Waals surface area (Å²) >= 11 is 0. The van der Waals surface area contributed by atoms with E-state index in [9.17, 15) is 8.42 Å². The van der Waals surface area contributed by atoms with Crippen LogP contribution in [0, 0.1) is 0 Å². The summed E-state index contributed by atoms with van der Waals surface area (Å²) in [6.07, 6.45) is 5.86. The molecular formula is C15H25N3O2S. The van der Waals surface area contributed by atoms with E-state index in [1.54, 1.807) is 6.20 Å². The minimum Gasteiger partial charge on any atom is -0.314 e. The summed E-state index contributed by atoms with van der Waals surface area (Å²) in [5.41, 5.74) is 0.790. The summed E-state index contributed by atoms with van der Waals surface area (Å²) in [7, 11) is -3.19. The second-order valence-corrected chi connectivity index (χ2v) is 7.59. The highest BCUT2D eigenvalue weighted by molar-refractivity contribution is 7.89. The number of nitrogens with one attached hydrogen (secondary N) is 1. The number of rotatable bonds is 10. The van der Waals surface area contributed by atoms with Gasteiger partial charge in [0.25, 0.3) is 0 Å². The smallest absolute Gasteiger partial charge is 0.214 e. The van der Waals surface area contributed by atoms with Gasteiger partial charge < -0.3 is 5.32 Å². The summed E-state index contributed by atoms with van der Waals surface area (Å²) in [4.78, 5) is 4.20. The monoisotopic (exact) mass is 311 g/mol. The largest absolute Gasteiger partial charge is 0.314 e. The van der Waals surface area contributed by atoms with Crippen molar-refractivity contribution in [2.75, 3.05) is 18.8 Å². The van der Waals surface area contributed by atoms with E-state index in [0.29, 0.717) is 25.6 Å². The van der Waals surface area contributed by atoms with Crippen molar-refractivity contribution in [1.29, 1.82) is 0 Å². The average molecular weight is 311 g/mol. The highest BCUT2D eigenvalue weighted by atomic mass is 32.2. The quantitative estimate of drug-likeness (QED) is 0.669.